The van der Waals surface area contributed by atoms with E-state index in [1.165, 1.54) is 7.05 Å². The molecule has 10 heteroatoms. The molecule has 0 bridgehead atoms. The number of hydrogen-bond acceptors (Lipinski definition) is 3. The van der Waals surface area contributed by atoms with E-state index >= 15 is 0 Å². The van der Waals surface area contributed by atoms with Crippen LogP contribution in [0.1, 0.15) is 5.56 Å². The number of ether oxygens (including phenoxy) is 1. The molecule has 20 heavy (non-hydrogen) atoms. The van der Waals surface area contributed by atoms with Gasteiger partial charge in [0.15, 0.2) is 5.82 Å². The highest BCUT2D eigenvalue weighted by molar-refractivity contribution is 5.24. The zero-order valence-electron chi connectivity index (χ0n) is 9.94. The lowest BCUT2D eigenvalue weighted by atomic mass is 10.2. The molecular weight excluding hydrogens is 297 g/mol. The zero-order valence-corrected chi connectivity index (χ0v) is 9.94. The first-order chi connectivity index (χ1) is 9.07. The minimum Gasteiger partial charge on any atom is -0.453 e. The summed E-state index contributed by atoms with van der Waals surface area (Å²) in [4.78, 5) is 3.06. The topological polar surface area (TPSA) is 34.2 Å². The standard InChI is InChI=1S/C10H9F7N2O/c1-18-4-5-2-3-19-7(6(5)11)20-8(9(12,13)14)10(15,16)17/h2-3,8,18H,4H2,1H3. The van der Waals surface area contributed by atoms with E-state index in [0.29, 0.717) is 0 Å². The van der Waals surface area contributed by atoms with E-state index in [1.54, 1.807) is 0 Å². The highest BCUT2D eigenvalue weighted by Gasteiger charge is 2.59. The van der Waals surface area contributed by atoms with Crippen molar-refractivity contribution >= 4 is 0 Å². The predicted octanol–water partition coefficient (Wildman–Crippen LogP) is 2.81. The number of alkyl halides is 6. The minimum absolute atomic E-state index is 0.104. The van der Waals surface area contributed by atoms with Gasteiger partial charge in [-0.25, -0.2) is 9.37 Å². The Balaban J connectivity index is 3.10. The maximum Gasteiger partial charge on any atom is 0.434 e. The van der Waals surface area contributed by atoms with Crippen LogP contribution < -0.4 is 10.1 Å². The molecule has 3 nitrogen and oxygen atoms in total. The lowest BCUT2D eigenvalue weighted by Gasteiger charge is -2.23. The molecule has 0 aliphatic rings. The molecule has 0 saturated carbocycles. The lowest BCUT2D eigenvalue weighted by Crippen LogP contribution is -2.46. The van der Waals surface area contributed by atoms with Crippen LogP contribution in [0.4, 0.5) is 30.7 Å². The Morgan fingerprint density at radius 1 is 1.20 bits per heavy atom. The molecular formula is C10H9F7N2O. The number of aromatic nitrogens is 1. The second-order valence-electron chi connectivity index (χ2n) is 3.70. The average molecular weight is 306 g/mol. The number of halogens is 7. The first-order valence-electron chi connectivity index (χ1n) is 5.15. The van der Waals surface area contributed by atoms with Crippen LogP contribution in [0.25, 0.3) is 0 Å². The largest absolute Gasteiger partial charge is 0.453 e. The van der Waals surface area contributed by atoms with Gasteiger partial charge in [-0.05, 0) is 13.1 Å². The fourth-order valence-electron chi connectivity index (χ4n) is 1.30. The summed E-state index contributed by atoms with van der Waals surface area (Å²) in [7, 11) is 1.43. The predicted molar refractivity (Wildman–Crippen MR) is 53.5 cm³/mol. The van der Waals surface area contributed by atoms with E-state index in [9.17, 15) is 30.7 Å². The molecule has 1 aromatic heterocycles. The highest BCUT2D eigenvalue weighted by Crippen LogP contribution is 2.36. The summed E-state index contributed by atoms with van der Waals surface area (Å²) >= 11 is 0. The molecule has 0 aliphatic heterocycles. The van der Waals surface area contributed by atoms with E-state index in [1.807, 2.05) is 0 Å². The van der Waals surface area contributed by atoms with Crippen molar-refractivity contribution in [2.75, 3.05) is 7.05 Å². The molecule has 0 aliphatic carbocycles. The highest BCUT2D eigenvalue weighted by atomic mass is 19.4. The third-order valence-electron chi connectivity index (χ3n) is 2.13. The van der Waals surface area contributed by atoms with Crippen LogP contribution >= 0.6 is 0 Å². The van der Waals surface area contributed by atoms with E-state index in [4.69, 9.17) is 0 Å². The number of pyridine rings is 1. The van der Waals surface area contributed by atoms with Gasteiger partial charge in [0.1, 0.15) is 0 Å². The van der Waals surface area contributed by atoms with Crippen LogP contribution in [0.5, 0.6) is 5.88 Å². The minimum atomic E-state index is -5.73. The van der Waals surface area contributed by atoms with E-state index in [2.05, 4.69) is 15.0 Å². The number of hydrogen-bond donors (Lipinski definition) is 1. The summed E-state index contributed by atoms with van der Waals surface area (Å²) in [5.74, 6) is -2.72. The summed E-state index contributed by atoms with van der Waals surface area (Å²) < 4.78 is 91.0. The van der Waals surface area contributed by atoms with Gasteiger partial charge in [-0.2, -0.15) is 26.3 Å². The van der Waals surface area contributed by atoms with Crippen molar-refractivity contribution in [2.24, 2.45) is 0 Å². The molecule has 0 saturated heterocycles. The van der Waals surface area contributed by atoms with Crippen LogP contribution in [0.3, 0.4) is 0 Å². The van der Waals surface area contributed by atoms with Crippen molar-refractivity contribution in [3.05, 3.63) is 23.6 Å². The zero-order chi connectivity index (χ0) is 15.6. The Labute approximate surface area is 108 Å². The number of nitrogens with zero attached hydrogens (tertiary/aromatic N) is 1. The Morgan fingerprint density at radius 3 is 2.20 bits per heavy atom. The van der Waals surface area contributed by atoms with Gasteiger partial charge in [-0.3, -0.25) is 0 Å². The molecule has 1 N–H and O–H groups in total. The molecule has 0 amide bonds. The fraction of sp³-hybridized carbons (Fsp3) is 0.500. The van der Waals surface area contributed by atoms with Crippen LogP contribution in [0, 0.1) is 5.82 Å². The van der Waals surface area contributed by atoms with Crippen molar-refractivity contribution < 1.29 is 35.5 Å². The van der Waals surface area contributed by atoms with Crippen molar-refractivity contribution in [3.8, 4) is 5.88 Å². The maximum absolute atomic E-state index is 13.6. The van der Waals surface area contributed by atoms with Crippen molar-refractivity contribution in [2.45, 2.75) is 25.0 Å². The Hall–Kier alpha value is -1.58. The van der Waals surface area contributed by atoms with Gasteiger partial charge in [0.2, 0.25) is 0 Å². The number of rotatable bonds is 4. The monoisotopic (exact) mass is 306 g/mol. The first kappa shape index (κ1) is 16.5. The summed E-state index contributed by atoms with van der Waals surface area (Å²) in [6.45, 7) is -0.104. The van der Waals surface area contributed by atoms with Crippen molar-refractivity contribution in [1.82, 2.24) is 10.3 Å². The smallest absolute Gasteiger partial charge is 0.434 e. The van der Waals surface area contributed by atoms with Crippen molar-refractivity contribution in [1.29, 1.82) is 0 Å². The first-order valence-corrected chi connectivity index (χ1v) is 5.15. The normalized spacial score (nSPS) is 12.8. The van der Waals surface area contributed by atoms with E-state index in [0.717, 1.165) is 12.3 Å². The van der Waals surface area contributed by atoms with Crippen LogP contribution in [-0.4, -0.2) is 30.5 Å². The van der Waals surface area contributed by atoms with Gasteiger partial charge in [-0.1, -0.05) is 0 Å². The second kappa shape index (κ2) is 5.81. The van der Waals surface area contributed by atoms with Crippen LogP contribution in [-0.2, 0) is 6.54 Å². The second-order valence-corrected chi connectivity index (χ2v) is 3.70. The maximum atomic E-state index is 13.6. The summed E-state index contributed by atoms with van der Waals surface area (Å²) in [6, 6.07) is 1.11. The van der Waals surface area contributed by atoms with Gasteiger partial charge >= 0.3 is 12.4 Å². The Kier molecular flexibility index (Phi) is 4.79. The van der Waals surface area contributed by atoms with E-state index < -0.39 is 30.2 Å². The number of nitrogens with one attached hydrogen (secondary N) is 1. The molecule has 0 unspecified atom stereocenters. The van der Waals surface area contributed by atoms with Crippen LogP contribution in [0.2, 0.25) is 0 Å². The third-order valence-corrected chi connectivity index (χ3v) is 2.13. The molecule has 0 fully saturated rings. The average Bonchev–Trinajstić information content (AvgIpc) is 2.27. The van der Waals surface area contributed by atoms with Gasteiger partial charge in [0.25, 0.3) is 12.0 Å². The van der Waals surface area contributed by atoms with Crippen molar-refractivity contribution in [3.63, 3.8) is 0 Å². The van der Waals surface area contributed by atoms with Crippen LogP contribution in [0.15, 0.2) is 12.3 Å². The molecule has 0 radical (unpaired) electrons. The van der Waals surface area contributed by atoms with Gasteiger partial charge in [0.05, 0.1) is 0 Å². The molecule has 0 spiro atoms. The van der Waals surface area contributed by atoms with E-state index in [-0.39, 0.29) is 12.1 Å². The fourth-order valence-corrected chi connectivity index (χ4v) is 1.30. The molecule has 0 aromatic carbocycles. The lowest BCUT2D eigenvalue weighted by molar-refractivity contribution is -0.300. The SMILES string of the molecule is CNCc1ccnc(OC(C(F)(F)F)C(F)(F)F)c1F. The summed E-state index contributed by atoms with van der Waals surface area (Å²) in [5.41, 5.74) is -0.166. The third kappa shape index (κ3) is 3.95. The molecule has 114 valence electrons. The van der Waals surface area contributed by atoms with Gasteiger partial charge in [0, 0.05) is 18.3 Å². The quantitative estimate of drug-likeness (QED) is 0.869. The molecule has 0 atom stereocenters. The van der Waals surface area contributed by atoms with Gasteiger partial charge in [-0.15, -0.1) is 0 Å². The van der Waals surface area contributed by atoms with Gasteiger partial charge < -0.3 is 10.1 Å². The molecule has 1 heterocycles. The Morgan fingerprint density at radius 2 is 1.75 bits per heavy atom. The Bertz CT molecular complexity index is 444. The molecule has 1 aromatic rings. The molecule has 1 rings (SSSR count). The summed E-state index contributed by atoms with van der Waals surface area (Å²) in [5, 5.41) is 2.50. The summed E-state index contributed by atoms with van der Waals surface area (Å²) in [6.07, 6.45) is -14.7.